The van der Waals surface area contributed by atoms with Crippen LogP contribution in [0.4, 0.5) is 11.4 Å². The minimum atomic E-state index is 1.10. The van der Waals surface area contributed by atoms with Gasteiger partial charge < -0.3 is 5.32 Å². The Bertz CT molecular complexity index is 1590. The van der Waals surface area contributed by atoms with Crippen molar-refractivity contribution >= 4 is 43.7 Å². The summed E-state index contributed by atoms with van der Waals surface area (Å²) in [6.45, 7) is 2.12. The van der Waals surface area contributed by atoms with Crippen LogP contribution < -0.4 is 5.32 Å². The molecule has 0 unspecified atom stereocenters. The Morgan fingerprint density at radius 1 is 0.531 bits per heavy atom. The summed E-state index contributed by atoms with van der Waals surface area (Å²) in [5.74, 6) is 0. The lowest BCUT2D eigenvalue weighted by atomic mass is 9.88. The van der Waals surface area contributed by atoms with Crippen molar-refractivity contribution in [3.05, 3.63) is 121 Å². The zero-order valence-corrected chi connectivity index (χ0v) is 18.0. The number of rotatable bonds is 3. The minimum absolute atomic E-state index is 1.10. The zero-order valence-electron chi connectivity index (χ0n) is 18.0. The van der Waals surface area contributed by atoms with Crippen molar-refractivity contribution in [3.63, 3.8) is 0 Å². The molecule has 0 saturated carbocycles. The molecule has 0 aliphatic rings. The van der Waals surface area contributed by atoms with Crippen LogP contribution in [-0.2, 0) is 0 Å². The third-order valence-corrected chi connectivity index (χ3v) is 6.28. The molecular weight excluding hydrogens is 386 g/mol. The lowest BCUT2D eigenvalue weighted by Crippen LogP contribution is -1.95. The summed E-state index contributed by atoms with van der Waals surface area (Å²) in [6, 6.07) is 41.4. The first kappa shape index (κ1) is 18.7. The molecule has 0 radical (unpaired) electrons. The van der Waals surface area contributed by atoms with Crippen LogP contribution in [0.3, 0.4) is 0 Å². The lowest BCUT2D eigenvalue weighted by molar-refractivity contribution is 1.46. The molecule has 1 heteroatoms. The molecule has 0 bridgehead atoms. The standard InChI is InChI=1S/C31H23N/c1-21-16-18-25(19-17-21)32-29-15-7-11-24-20-23-9-3-5-13-27(23)31(30(24)29)28-14-6-10-22-8-2-4-12-26(22)28/h2-20,32H,1H3. The second-order valence-electron chi connectivity index (χ2n) is 8.39. The molecule has 0 fully saturated rings. The number of anilines is 2. The molecule has 0 spiro atoms. The van der Waals surface area contributed by atoms with Gasteiger partial charge in [-0.15, -0.1) is 0 Å². The van der Waals surface area contributed by atoms with E-state index >= 15 is 0 Å². The smallest absolute Gasteiger partial charge is 0.0470 e. The first-order valence-electron chi connectivity index (χ1n) is 11.0. The number of nitrogens with one attached hydrogen (secondary N) is 1. The highest BCUT2D eigenvalue weighted by atomic mass is 14.9. The topological polar surface area (TPSA) is 12.0 Å². The molecule has 32 heavy (non-hydrogen) atoms. The molecule has 0 aromatic heterocycles. The summed E-state index contributed by atoms with van der Waals surface area (Å²) in [4.78, 5) is 0. The Morgan fingerprint density at radius 3 is 2.03 bits per heavy atom. The maximum absolute atomic E-state index is 3.70. The van der Waals surface area contributed by atoms with Gasteiger partial charge in [0.05, 0.1) is 0 Å². The van der Waals surface area contributed by atoms with Gasteiger partial charge >= 0.3 is 0 Å². The second-order valence-corrected chi connectivity index (χ2v) is 8.39. The van der Waals surface area contributed by atoms with Crippen LogP contribution in [0, 0.1) is 6.92 Å². The van der Waals surface area contributed by atoms with E-state index in [0.29, 0.717) is 0 Å². The fourth-order valence-electron chi connectivity index (χ4n) is 4.74. The van der Waals surface area contributed by atoms with E-state index in [-0.39, 0.29) is 0 Å². The van der Waals surface area contributed by atoms with Gasteiger partial charge in [-0.25, -0.2) is 0 Å². The van der Waals surface area contributed by atoms with Crippen LogP contribution in [0.5, 0.6) is 0 Å². The summed E-state index contributed by atoms with van der Waals surface area (Å²) in [5.41, 5.74) is 6.03. The van der Waals surface area contributed by atoms with Crippen molar-refractivity contribution in [1.82, 2.24) is 0 Å². The van der Waals surface area contributed by atoms with Gasteiger partial charge in [-0.3, -0.25) is 0 Å². The Hall–Kier alpha value is -4.10. The Morgan fingerprint density at radius 2 is 1.19 bits per heavy atom. The summed E-state index contributed by atoms with van der Waals surface area (Å²) in [5, 5.41) is 11.3. The molecule has 0 saturated heterocycles. The Balaban J connectivity index is 1.72. The van der Waals surface area contributed by atoms with Crippen molar-refractivity contribution in [3.8, 4) is 11.1 Å². The first-order valence-corrected chi connectivity index (χ1v) is 11.0. The SMILES string of the molecule is Cc1ccc(Nc2cccc3cc4ccccc4c(-c4cccc5ccccc45)c23)cc1. The van der Waals surface area contributed by atoms with Crippen LogP contribution >= 0.6 is 0 Å². The molecule has 0 heterocycles. The van der Waals surface area contributed by atoms with Crippen molar-refractivity contribution < 1.29 is 0 Å². The van der Waals surface area contributed by atoms with E-state index in [1.807, 2.05) is 0 Å². The van der Waals surface area contributed by atoms with Gasteiger partial charge in [0.1, 0.15) is 0 Å². The number of benzene rings is 6. The molecule has 6 aromatic carbocycles. The molecule has 1 N–H and O–H groups in total. The van der Waals surface area contributed by atoms with Crippen LogP contribution in [-0.4, -0.2) is 0 Å². The van der Waals surface area contributed by atoms with Gasteiger partial charge in [-0.05, 0) is 63.7 Å². The highest BCUT2D eigenvalue weighted by molar-refractivity contribution is 6.20. The number of aryl methyl sites for hydroxylation is 1. The molecule has 6 aromatic rings. The van der Waals surface area contributed by atoms with E-state index in [9.17, 15) is 0 Å². The maximum Gasteiger partial charge on any atom is 0.0470 e. The average molecular weight is 410 g/mol. The van der Waals surface area contributed by atoms with Crippen molar-refractivity contribution in [2.75, 3.05) is 5.32 Å². The van der Waals surface area contributed by atoms with Gasteiger partial charge in [0.25, 0.3) is 0 Å². The van der Waals surface area contributed by atoms with E-state index < -0.39 is 0 Å². The van der Waals surface area contributed by atoms with E-state index in [4.69, 9.17) is 0 Å². The van der Waals surface area contributed by atoms with Gasteiger partial charge in [-0.1, -0.05) is 96.6 Å². The van der Waals surface area contributed by atoms with Crippen molar-refractivity contribution in [2.24, 2.45) is 0 Å². The van der Waals surface area contributed by atoms with Crippen molar-refractivity contribution in [1.29, 1.82) is 0 Å². The fraction of sp³-hybridized carbons (Fsp3) is 0.0323. The molecule has 0 atom stereocenters. The van der Waals surface area contributed by atoms with E-state index in [1.165, 1.54) is 49.0 Å². The normalized spacial score (nSPS) is 11.3. The van der Waals surface area contributed by atoms with Gasteiger partial charge in [0.15, 0.2) is 0 Å². The molecule has 152 valence electrons. The summed E-state index contributed by atoms with van der Waals surface area (Å²) >= 11 is 0. The van der Waals surface area contributed by atoms with Crippen LogP contribution in [0.25, 0.3) is 43.4 Å². The fourth-order valence-corrected chi connectivity index (χ4v) is 4.74. The molecular formula is C31H23N. The Labute approximate surface area is 188 Å². The van der Waals surface area contributed by atoms with E-state index in [0.717, 1.165) is 11.4 Å². The van der Waals surface area contributed by atoms with Gasteiger partial charge in [0.2, 0.25) is 0 Å². The molecule has 6 rings (SSSR count). The van der Waals surface area contributed by atoms with Gasteiger partial charge in [-0.2, -0.15) is 0 Å². The third kappa shape index (κ3) is 3.11. The molecule has 1 nitrogen and oxygen atoms in total. The van der Waals surface area contributed by atoms with E-state index in [2.05, 4.69) is 128 Å². The van der Waals surface area contributed by atoms with Gasteiger partial charge in [0, 0.05) is 22.3 Å². The number of hydrogen-bond acceptors (Lipinski definition) is 1. The predicted molar refractivity (Wildman–Crippen MR) is 139 cm³/mol. The molecule has 0 amide bonds. The summed E-state index contributed by atoms with van der Waals surface area (Å²) in [6.07, 6.45) is 0. The monoisotopic (exact) mass is 409 g/mol. The average Bonchev–Trinajstić information content (AvgIpc) is 2.84. The first-order chi connectivity index (χ1) is 15.8. The third-order valence-electron chi connectivity index (χ3n) is 6.28. The van der Waals surface area contributed by atoms with Crippen LogP contribution in [0.1, 0.15) is 5.56 Å². The van der Waals surface area contributed by atoms with Crippen LogP contribution in [0.2, 0.25) is 0 Å². The molecule has 0 aliphatic heterocycles. The maximum atomic E-state index is 3.70. The van der Waals surface area contributed by atoms with Crippen LogP contribution in [0.15, 0.2) is 115 Å². The Kier molecular flexibility index (Phi) is 4.40. The zero-order chi connectivity index (χ0) is 21.5. The largest absolute Gasteiger partial charge is 0.355 e. The van der Waals surface area contributed by atoms with Crippen molar-refractivity contribution in [2.45, 2.75) is 6.92 Å². The van der Waals surface area contributed by atoms with E-state index in [1.54, 1.807) is 0 Å². The quantitative estimate of drug-likeness (QED) is 0.288. The summed E-state index contributed by atoms with van der Waals surface area (Å²) in [7, 11) is 0. The second kappa shape index (κ2) is 7.55. The highest BCUT2D eigenvalue weighted by Gasteiger charge is 2.15. The minimum Gasteiger partial charge on any atom is -0.355 e. The number of hydrogen-bond donors (Lipinski definition) is 1. The predicted octanol–water partition coefficient (Wildman–Crippen LogP) is 8.87. The number of fused-ring (bicyclic) bond motifs is 3. The molecule has 0 aliphatic carbocycles. The lowest BCUT2D eigenvalue weighted by Gasteiger charge is -2.18. The highest BCUT2D eigenvalue weighted by Crippen LogP contribution is 2.43. The summed E-state index contributed by atoms with van der Waals surface area (Å²) < 4.78 is 0.